The van der Waals surface area contributed by atoms with Gasteiger partial charge in [0.2, 0.25) is 0 Å². The Hall–Kier alpha value is -1.46. The van der Waals surface area contributed by atoms with Crippen LogP contribution >= 0.6 is 11.3 Å². The summed E-state index contributed by atoms with van der Waals surface area (Å²) < 4.78 is 28.5. The summed E-state index contributed by atoms with van der Waals surface area (Å²) in [4.78, 5) is 0. The number of benzene rings is 1. The van der Waals surface area contributed by atoms with Crippen molar-refractivity contribution in [2.45, 2.75) is 25.5 Å². The fourth-order valence-corrected chi connectivity index (χ4v) is 2.81. The highest BCUT2D eigenvalue weighted by Gasteiger charge is 2.10. The molecule has 0 amide bonds. The van der Waals surface area contributed by atoms with Gasteiger partial charge in [-0.2, -0.15) is 20.1 Å². The van der Waals surface area contributed by atoms with Crippen molar-refractivity contribution in [3.63, 3.8) is 0 Å². The van der Waals surface area contributed by atoms with Gasteiger partial charge in [-0.05, 0) is 60.0 Å². The van der Waals surface area contributed by atoms with Gasteiger partial charge in [0.05, 0.1) is 0 Å². The summed E-state index contributed by atoms with van der Waals surface area (Å²) in [6.45, 7) is -2.78. The number of rotatable bonds is 7. The molecular weight excluding hydrogens is 280 g/mol. The van der Waals surface area contributed by atoms with Gasteiger partial charge in [-0.3, -0.25) is 0 Å². The topological polar surface area (TPSA) is 21.3 Å². The molecule has 2 nitrogen and oxygen atoms in total. The number of alkyl halides is 2. The largest absolute Gasteiger partial charge is 0.435 e. The molecular formula is C15H17F2NOS. The molecule has 108 valence electrons. The predicted octanol–water partition coefficient (Wildman–Crippen LogP) is 4.24. The van der Waals surface area contributed by atoms with E-state index in [0.29, 0.717) is 0 Å². The Morgan fingerprint density at radius 2 is 1.95 bits per heavy atom. The Kier molecular flexibility index (Phi) is 5.49. The molecule has 1 N–H and O–H groups in total. The standard InChI is InChI=1S/C15H17F2NOS/c1-18-14(7-2-11-8-9-20-10-11)12-3-5-13(6-4-12)19-15(16)17/h3-6,8-10,14-15,18H,2,7H2,1H3. The molecule has 0 spiro atoms. The van der Waals surface area contributed by atoms with Crippen molar-refractivity contribution in [1.82, 2.24) is 5.32 Å². The minimum Gasteiger partial charge on any atom is -0.435 e. The van der Waals surface area contributed by atoms with Gasteiger partial charge in [-0.1, -0.05) is 12.1 Å². The molecule has 0 saturated heterocycles. The van der Waals surface area contributed by atoms with Gasteiger partial charge < -0.3 is 10.1 Å². The summed E-state index contributed by atoms with van der Waals surface area (Å²) in [7, 11) is 1.90. The summed E-state index contributed by atoms with van der Waals surface area (Å²) >= 11 is 1.69. The van der Waals surface area contributed by atoms with E-state index < -0.39 is 6.61 Å². The smallest absolute Gasteiger partial charge is 0.387 e. The lowest BCUT2D eigenvalue weighted by atomic mass is 10.0. The molecule has 0 aliphatic rings. The van der Waals surface area contributed by atoms with Gasteiger partial charge in [0.1, 0.15) is 5.75 Å². The highest BCUT2D eigenvalue weighted by molar-refractivity contribution is 7.07. The van der Waals surface area contributed by atoms with Crippen molar-refractivity contribution in [3.05, 3.63) is 52.2 Å². The minimum atomic E-state index is -2.78. The molecule has 0 radical (unpaired) electrons. The van der Waals surface area contributed by atoms with Crippen LogP contribution in [0.4, 0.5) is 8.78 Å². The molecule has 20 heavy (non-hydrogen) atoms. The number of hydrogen-bond donors (Lipinski definition) is 1. The normalized spacial score (nSPS) is 12.6. The Morgan fingerprint density at radius 1 is 1.20 bits per heavy atom. The van der Waals surface area contributed by atoms with Crippen LogP contribution in [0.5, 0.6) is 5.75 Å². The van der Waals surface area contributed by atoms with Gasteiger partial charge in [-0.15, -0.1) is 0 Å². The van der Waals surface area contributed by atoms with E-state index >= 15 is 0 Å². The summed E-state index contributed by atoms with van der Waals surface area (Å²) in [5.41, 5.74) is 2.40. The third-order valence-corrected chi connectivity index (χ3v) is 3.89. The predicted molar refractivity (Wildman–Crippen MR) is 77.5 cm³/mol. The van der Waals surface area contributed by atoms with Crippen LogP contribution in [-0.2, 0) is 6.42 Å². The second kappa shape index (κ2) is 7.36. The maximum Gasteiger partial charge on any atom is 0.387 e. The quantitative estimate of drug-likeness (QED) is 0.825. The highest BCUT2D eigenvalue weighted by atomic mass is 32.1. The summed E-state index contributed by atoms with van der Waals surface area (Å²) in [6.07, 6.45) is 1.95. The van der Waals surface area contributed by atoms with E-state index in [4.69, 9.17) is 0 Å². The molecule has 1 aromatic carbocycles. The number of ether oxygens (including phenoxy) is 1. The molecule has 0 aliphatic carbocycles. The van der Waals surface area contributed by atoms with Gasteiger partial charge in [0, 0.05) is 6.04 Å². The van der Waals surface area contributed by atoms with Crippen molar-refractivity contribution in [2.24, 2.45) is 0 Å². The average Bonchev–Trinajstić information content (AvgIpc) is 2.94. The van der Waals surface area contributed by atoms with Crippen LogP contribution < -0.4 is 10.1 Å². The van der Waals surface area contributed by atoms with Crippen molar-refractivity contribution in [1.29, 1.82) is 0 Å². The first kappa shape index (κ1) is 14.9. The third kappa shape index (κ3) is 4.28. The van der Waals surface area contributed by atoms with Crippen molar-refractivity contribution in [2.75, 3.05) is 7.05 Å². The molecule has 0 saturated carbocycles. The van der Waals surface area contributed by atoms with Gasteiger partial charge >= 0.3 is 6.61 Å². The zero-order valence-electron chi connectivity index (χ0n) is 11.2. The van der Waals surface area contributed by atoms with Crippen LogP contribution in [0.2, 0.25) is 0 Å². The number of thiophene rings is 1. The van der Waals surface area contributed by atoms with Crippen LogP contribution in [-0.4, -0.2) is 13.7 Å². The van der Waals surface area contributed by atoms with Crippen molar-refractivity contribution in [3.8, 4) is 5.75 Å². The van der Waals surface area contributed by atoms with E-state index in [1.54, 1.807) is 23.5 Å². The van der Waals surface area contributed by atoms with Crippen molar-refractivity contribution < 1.29 is 13.5 Å². The Bertz CT molecular complexity index is 499. The van der Waals surface area contributed by atoms with Crippen LogP contribution in [0.15, 0.2) is 41.1 Å². The highest BCUT2D eigenvalue weighted by Crippen LogP contribution is 2.23. The monoisotopic (exact) mass is 297 g/mol. The summed E-state index contributed by atoms with van der Waals surface area (Å²) in [5.74, 6) is 0.191. The van der Waals surface area contributed by atoms with Gasteiger partial charge in [0.15, 0.2) is 0 Å². The van der Waals surface area contributed by atoms with E-state index in [-0.39, 0.29) is 11.8 Å². The minimum absolute atomic E-state index is 0.191. The van der Waals surface area contributed by atoms with E-state index in [1.807, 2.05) is 19.2 Å². The molecule has 0 fully saturated rings. The zero-order valence-corrected chi connectivity index (χ0v) is 12.0. The molecule has 1 heterocycles. The second-order valence-corrected chi connectivity index (χ2v) is 5.24. The van der Waals surface area contributed by atoms with Crippen molar-refractivity contribution >= 4 is 11.3 Å². The molecule has 5 heteroatoms. The zero-order chi connectivity index (χ0) is 14.4. The van der Waals surface area contributed by atoms with E-state index in [1.165, 1.54) is 5.56 Å². The summed E-state index contributed by atoms with van der Waals surface area (Å²) in [5, 5.41) is 7.47. The first-order chi connectivity index (χ1) is 9.69. The molecule has 2 rings (SSSR count). The first-order valence-corrected chi connectivity index (χ1v) is 7.36. The van der Waals surface area contributed by atoms with E-state index in [2.05, 4.69) is 26.9 Å². The maximum atomic E-state index is 12.1. The third-order valence-electron chi connectivity index (χ3n) is 3.16. The lowest BCUT2D eigenvalue weighted by molar-refractivity contribution is -0.0498. The van der Waals surface area contributed by atoms with Crippen LogP contribution in [0.3, 0.4) is 0 Å². The Morgan fingerprint density at radius 3 is 2.50 bits per heavy atom. The SMILES string of the molecule is CNC(CCc1ccsc1)c1ccc(OC(F)F)cc1. The Balaban J connectivity index is 1.96. The lowest BCUT2D eigenvalue weighted by Crippen LogP contribution is -2.17. The number of halogens is 2. The van der Waals surface area contributed by atoms with Crippen LogP contribution in [0, 0.1) is 0 Å². The first-order valence-electron chi connectivity index (χ1n) is 6.42. The molecule has 0 bridgehead atoms. The second-order valence-electron chi connectivity index (χ2n) is 4.46. The summed E-state index contributed by atoms with van der Waals surface area (Å²) in [6, 6.07) is 9.14. The lowest BCUT2D eigenvalue weighted by Gasteiger charge is -2.17. The molecule has 1 atom stereocenters. The molecule has 1 aromatic heterocycles. The number of hydrogen-bond acceptors (Lipinski definition) is 3. The fraction of sp³-hybridized carbons (Fsp3) is 0.333. The molecule has 1 unspecified atom stereocenters. The maximum absolute atomic E-state index is 12.1. The van der Waals surface area contributed by atoms with Gasteiger partial charge in [-0.25, -0.2) is 0 Å². The van der Waals surface area contributed by atoms with Crippen LogP contribution in [0.1, 0.15) is 23.6 Å². The van der Waals surface area contributed by atoms with E-state index in [0.717, 1.165) is 18.4 Å². The van der Waals surface area contributed by atoms with E-state index in [9.17, 15) is 8.78 Å². The number of nitrogens with one attached hydrogen (secondary N) is 1. The van der Waals surface area contributed by atoms with Gasteiger partial charge in [0.25, 0.3) is 0 Å². The molecule has 2 aromatic rings. The fourth-order valence-electron chi connectivity index (χ4n) is 2.11. The van der Waals surface area contributed by atoms with Crippen LogP contribution in [0.25, 0.3) is 0 Å². The Labute approximate surface area is 121 Å². The molecule has 0 aliphatic heterocycles. The average molecular weight is 297 g/mol. The number of aryl methyl sites for hydroxylation is 1.